The minimum absolute atomic E-state index is 0.298. The molecule has 13 heavy (non-hydrogen) atoms. The fraction of sp³-hybridized carbons (Fsp3) is 0.222. The van der Waals surface area contributed by atoms with Crippen LogP contribution < -0.4 is 5.32 Å². The number of nitrogens with one attached hydrogen (secondary N) is 1. The van der Waals surface area contributed by atoms with Crippen LogP contribution in [-0.2, 0) is 4.79 Å². The van der Waals surface area contributed by atoms with Crippen LogP contribution in [0.4, 0.5) is 4.39 Å². The second-order valence-corrected chi connectivity index (χ2v) is 2.96. The van der Waals surface area contributed by atoms with E-state index >= 15 is 0 Å². The van der Waals surface area contributed by atoms with Gasteiger partial charge in [0.2, 0.25) is 5.91 Å². The maximum absolute atomic E-state index is 12.5. The van der Waals surface area contributed by atoms with E-state index in [1.807, 2.05) is 0 Å². The Kier molecular flexibility index (Phi) is 3.25. The maximum Gasteiger partial charge on any atom is 0.242 e. The molecule has 4 heteroatoms. The third-order valence-corrected chi connectivity index (χ3v) is 2.09. The first-order valence-corrected chi connectivity index (χ1v) is 4.20. The van der Waals surface area contributed by atoms with E-state index in [4.69, 9.17) is 11.6 Å². The number of benzene rings is 1. The predicted octanol–water partition coefficient (Wildman–Crippen LogP) is 1.85. The number of amides is 1. The van der Waals surface area contributed by atoms with Crippen molar-refractivity contribution >= 4 is 17.5 Å². The lowest BCUT2D eigenvalue weighted by molar-refractivity contribution is -0.120. The summed E-state index contributed by atoms with van der Waals surface area (Å²) in [5.74, 6) is -0.641. The Labute approximate surface area is 80.7 Å². The minimum atomic E-state index is -0.759. The number of rotatable bonds is 2. The molecular formula is C9H9ClFNO. The van der Waals surface area contributed by atoms with Gasteiger partial charge in [-0.25, -0.2) is 4.39 Å². The van der Waals surface area contributed by atoms with Gasteiger partial charge in [0.15, 0.2) is 0 Å². The number of likely N-dealkylation sites (N-methyl/N-ethyl adjacent to an activating group) is 1. The van der Waals surface area contributed by atoms with Crippen LogP contribution in [0.25, 0.3) is 0 Å². The van der Waals surface area contributed by atoms with Gasteiger partial charge in [-0.15, -0.1) is 11.6 Å². The summed E-state index contributed by atoms with van der Waals surface area (Å²) in [4.78, 5) is 11.1. The van der Waals surface area contributed by atoms with E-state index in [9.17, 15) is 9.18 Å². The largest absolute Gasteiger partial charge is 0.358 e. The van der Waals surface area contributed by atoms with E-state index in [0.717, 1.165) is 0 Å². The number of halogens is 2. The third-order valence-electron chi connectivity index (χ3n) is 1.64. The molecule has 1 aromatic rings. The van der Waals surface area contributed by atoms with Crippen molar-refractivity contribution in [1.29, 1.82) is 0 Å². The quantitative estimate of drug-likeness (QED) is 0.727. The van der Waals surface area contributed by atoms with Gasteiger partial charge in [0.1, 0.15) is 11.2 Å². The zero-order chi connectivity index (χ0) is 9.84. The smallest absolute Gasteiger partial charge is 0.242 e. The molecule has 1 aromatic carbocycles. The molecule has 1 N–H and O–H groups in total. The molecule has 1 rings (SSSR count). The highest BCUT2D eigenvalue weighted by atomic mass is 35.5. The Hall–Kier alpha value is -1.09. The number of hydrogen-bond donors (Lipinski definition) is 1. The van der Waals surface area contributed by atoms with Crippen molar-refractivity contribution in [1.82, 2.24) is 5.32 Å². The average Bonchev–Trinajstić information content (AvgIpc) is 2.17. The Morgan fingerprint density at radius 3 is 2.46 bits per heavy atom. The summed E-state index contributed by atoms with van der Waals surface area (Å²) in [6, 6.07) is 5.52. The predicted molar refractivity (Wildman–Crippen MR) is 49.1 cm³/mol. The Balaban J connectivity index is 2.83. The second-order valence-electron chi connectivity index (χ2n) is 2.53. The Morgan fingerprint density at radius 2 is 2.00 bits per heavy atom. The summed E-state index contributed by atoms with van der Waals surface area (Å²) < 4.78 is 12.5. The second kappa shape index (κ2) is 4.23. The van der Waals surface area contributed by atoms with Gasteiger partial charge < -0.3 is 5.32 Å². The lowest BCUT2D eigenvalue weighted by atomic mass is 10.1. The van der Waals surface area contributed by atoms with Crippen LogP contribution >= 0.6 is 11.6 Å². The molecule has 0 saturated heterocycles. The van der Waals surface area contributed by atoms with Gasteiger partial charge in [-0.05, 0) is 17.7 Å². The van der Waals surface area contributed by atoms with E-state index < -0.39 is 5.38 Å². The van der Waals surface area contributed by atoms with E-state index in [1.165, 1.54) is 31.3 Å². The number of carbonyl (C=O) groups excluding carboxylic acids is 1. The van der Waals surface area contributed by atoms with Crippen LogP contribution in [0.3, 0.4) is 0 Å². The molecule has 0 heterocycles. The average molecular weight is 202 g/mol. The van der Waals surface area contributed by atoms with Crippen LogP contribution in [0.2, 0.25) is 0 Å². The molecule has 1 amide bonds. The van der Waals surface area contributed by atoms with Crippen molar-refractivity contribution < 1.29 is 9.18 Å². The molecule has 0 radical (unpaired) electrons. The van der Waals surface area contributed by atoms with Crippen LogP contribution in [0, 0.1) is 5.82 Å². The van der Waals surface area contributed by atoms with Crippen LogP contribution in [-0.4, -0.2) is 13.0 Å². The molecular weight excluding hydrogens is 193 g/mol. The molecule has 0 spiro atoms. The van der Waals surface area contributed by atoms with Gasteiger partial charge in [0, 0.05) is 7.05 Å². The van der Waals surface area contributed by atoms with E-state index in [2.05, 4.69) is 5.32 Å². The maximum atomic E-state index is 12.5. The van der Waals surface area contributed by atoms with Gasteiger partial charge in [0.05, 0.1) is 0 Å². The molecule has 0 saturated carbocycles. The number of hydrogen-bond acceptors (Lipinski definition) is 1. The fourth-order valence-corrected chi connectivity index (χ4v) is 1.16. The van der Waals surface area contributed by atoms with Gasteiger partial charge in [-0.2, -0.15) is 0 Å². The summed E-state index contributed by atoms with van der Waals surface area (Å²) in [7, 11) is 1.50. The van der Waals surface area contributed by atoms with Crippen LogP contribution in [0.1, 0.15) is 10.9 Å². The first kappa shape index (κ1) is 9.99. The van der Waals surface area contributed by atoms with Gasteiger partial charge in [0.25, 0.3) is 0 Å². The zero-order valence-electron chi connectivity index (χ0n) is 7.05. The van der Waals surface area contributed by atoms with Crippen LogP contribution in [0.15, 0.2) is 24.3 Å². The molecule has 0 aromatic heterocycles. The monoisotopic (exact) mass is 201 g/mol. The summed E-state index contributed by atoms with van der Waals surface area (Å²) in [5.41, 5.74) is 0.586. The van der Waals surface area contributed by atoms with Crippen molar-refractivity contribution in [2.75, 3.05) is 7.05 Å². The number of carbonyl (C=O) groups is 1. The molecule has 2 nitrogen and oxygen atoms in total. The van der Waals surface area contributed by atoms with Gasteiger partial charge in [-0.3, -0.25) is 4.79 Å². The molecule has 0 aliphatic heterocycles. The molecule has 0 bridgehead atoms. The van der Waals surface area contributed by atoms with Crippen molar-refractivity contribution in [3.63, 3.8) is 0 Å². The van der Waals surface area contributed by atoms with E-state index in [-0.39, 0.29) is 11.7 Å². The summed E-state index contributed by atoms with van der Waals surface area (Å²) in [6.07, 6.45) is 0. The minimum Gasteiger partial charge on any atom is -0.358 e. The Bertz CT molecular complexity index is 299. The molecule has 70 valence electrons. The first-order chi connectivity index (χ1) is 6.15. The number of alkyl halides is 1. The topological polar surface area (TPSA) is 29.1 Å². The highest BCUT2D eigenvalue weighted by Gasteiger charge is 2.15. The zero-order valence-corrected chi connectivity index (χ0v) is 7.81. The van der Waals surface area contributed by atoms with Crippen molar-refractivity contribution in [2.45, 2.75) is 5.38 Å². The van der Waals surface area contributed by atoms with Crippen LogP contribution in [0.5, 0.6) is 0 Å². The molecule has 0 fully saturated rings. The molecule has 1 atom stereocenters. The van der Waals surface area contributed by atoms with Crippen molar-refractivity contribution in [2.24, 2.45) is 0 Å². The summed E-state index contributed by atoms with van der Waals surface area (Å²) >= 11 is 5.77. The fourth-order valence-electron chi connectivity index (χ4n) is 0.910. The van der Waals surface area contributed by atoms with E-state index in [0.29, 0.717) is 5.56 Å². The lowest BCUT2D eigenvalue weighted by Crippen LogP contribution is -2.22. The highest BCUT2D eigenvalue weighted by Crippen LogP contribution is 2.20. The summed E-state index contributed by atoms with van der Waals surface area (Å²) in [5, 5.41) is 1.65. The van der Waals surface area contributed by atoms with Gasteiger partial charge >= 0.3 is 0 Å². The third kappa shape index (κ3) is 2.42. The van der Waals surface area contributed by atoms with E-state index in [1.54, 1.807) is 0 Å². The molecule has 0 aliphatic carbocycles. The normalized spacial score (nSPS) is 12.2. The van der Waals surface area contributed by atoms with Gasteiger partial charge in [-0.1, -0.05) is 12.1 Å². The lowest BCUT2D eigenvalue weighted by Gasteiger charge is -2.07. The van der Waals surface area contributed by atoms with Crippen molar-refractivity contribution in [3.8, 4) is 0 Å². The highest BCUT2D eigenvalue weighted by molar-refractivity contribution is 6.30. The molecule has 0 aliphatic rings. The molecule has 1 unspecified atom stereocenters. The first-order valence-electron chi connectivity index (χ1n) is 3.76. The standard InChI is InChI=1S/C9H9ClFNO/c1-12-9(13)8(10)6-2-4-7(11)5-3-6/h2-5,8H,1H3,(H,12,13). The summed E-state index contributed by atoms with van der Waals surface area (Å²) in [6.45, 7) is 0. The SMILES string of the molecule is CNC(=O)C(Cl)c1ccc(F)cc1. The Morgan fingerprint density at radius 1 is 1.46 bits per heavy atom. The van der Waals surface area contributed by atoms with Crippen molar-refractivity contribution in [3.05, 3.63) is 35.6 Å².